The number of halogens is 1. The molecular weight excluding hydrogens is 264 g/mol. The van der Waals surface area contributed by atoms with Gasteiger partial charge >= 0.3 is 0 Å². The standard InChI is InChI=1S/C13H17BrN2/c1-9(10(2)14)8-12-11-6-4-5-7-13(11)16(3)15-12/h4-7,9-10H,8H2,1-3H3. The smallest absolute Gasteiger partial charge is 0.0706 e. The Labute approximate surface area is 105 Å². The average molecular weight is 281 g/mol. The van der Waals surface area contributed by atoms with Crippen molar-refractivity contribution in [2.75, 3.05) is 0 Å². The van der Waals surface area contributed by atoms with Gasteiger partial charge in [0, 0.05) is 17.3 Å². The van der Waals surface area contributed by atoms with Crippen LogP contribution in [0.25, 0.3) is 10.9 Å². The highest BCUT2D eigenvalue weighted by atomic mass is 79.9. The predicted molar refractivity (Wildman–Crippen MR) is 72.0 cm³/mol. The molecule has 1 aromatic carbocycles. The lowest BCUT2D eigenvalue weighted by Crippen LogP contribution is -2.10. The maximum Gasteiger partial charge on any atom is 0.0706 e. The first-order chi connectivity index (χ1) is 7.59. The molecule has 0 radical (unpaired) electrons. The van der Waals surface area contributed by atoms with Gasteiger partial charge in [-0.25, -0.2) is 0 Å². The number of rotatable bonds is 3. The van der Waals surface area contributed by atoms with Crippen LogP contribution in [0.15, 0.2) is 24.3 Å². The third kappa shape index (κ3) is 2.14. The van der Waals surface area contributed by atoms with Crippen molar-refractivity contribution in [1.82, 2.24) is 9.78 Å². The summed E-state index contributed by atoms with van der Waals surface area (Å²) in [6, 6.07) is 8.41. The number of nitrogens with zero attached hydrogens (tertiary/aromatic N) is 2. The summed E-state index contributed by atoms with van der Waals surface area (Å²) in [5, 5.41) is 5.89. The third-order valence-electron chi connectivity index (χ3n) is 3.13. The highest BCUT2D eigenvalue weighted by Crippen LogP contribution is 2.23. The number of alkyl halides is 1. The molecule has 0 bridgehead atoms. The zero-order valence-corrected chi connectivity index (χ0v) is 11.5. The van der Waals surface area contributed by atoms with E-state index in [2.05, 4.69) is 59.1 Å². The van der Waals surface area contributed by atoms with Crippen LogP contribution < -0.4 is 0 Å². The highest BCUT2D eigenvalue weighted by Gasteiger charge is 2.14. The van der Waals surface area contributed by atoms with E-state index in [9.17, 15) is 0 Å². The van der Waals surface area contributed by atoms with Crippen molar-refractivity contribution in [1.29, 1.82) is 0 Å². The summed E-state index contributed by atoms with van der Waals surface area (Å²) in [7, 11) is 2.01. The first-order valence-electron chi connectivity index (χ1n) is 5.64. The Kier molecular flexibility index (Phi) is 3.33. The molecule has 0 spiro atoms. The average Bonchev–Trinajstić information content (AvgIpc) is 2.57. The zero-order valence-electron chi connectivity index (χ0n) is 9.94. The van der Waals surface area contributed by atoms with Crippen molar-refractivity contribution < 1.29 is 0 Å². The van der Waals surface area contributed by atoms with Crippen LogP contribution in [0.3, 0.4) is 0 Å². The van der Waals surface area contributed by atoms with Gasteiger partial charge in [0.05, 0.1) is 11.2 Å². The minimum Gasteiger partial charge on any atom is -0.268 e. The Morgan fingerprint density at radius 3 is 2.69 bits per heavy atom. The molecule has 0 amide bonds. The van der Waals surface area contributed by atoms with E-state index in [0.29, 0.717) is 10.7 Å². The van der Waals surface area contributed by atoms with Gasteiger partial charge in [0.25, 0.3) is 0 Å². The summed E-state index contributed by atoms with van der Waals surface area (Å²) in [6.45, 7) is 4.44. The Morgan fingerprint density at radius 1 is 1.31 bits per heavy atom. The predicted octanol–water partition coefficient (Wildman–Crippen LogP) is 3.54. The molecule has 0 fully saturated rings. The quantitative estimate of drug-likeness (QED) is 0.787. The summed E-state index contributed by atoms with van der Waals surface area (Å²) >= 11 is 3.63. The SMILES string of the molecule is CC(Br)C(C)Cc1nn(C)c2ccccc12. The molecule has 2 atom stereocenters. The van der Waals surface area contributed by atoms with Gasteiger partial charge in [-0.05, 0) is 18.4 Å². The third-order valence-corrected chi connectivity index (χ3v) is 4.04. The molecule has 0 aliphatic heterocycles. The number of fused-ring (bicyclic) bond motifs is 1. The van der Waals surface area contributed by atoms with Crippen molar-refractivity contribution in [2.45, 2.75) is 25.1 Å². The Bertz CT molecular complexity index is 488. The second-order valence-corrected chi connectivity index (χ2v) is 5.89. The number of para-hydroxylation sites is 1. The molecule has 0 saturated carbocycles. The first-order valence-corrected chi connectivity index (χ1v) is 6.56. The van der Waals surface area contributed by atoms with Gasteiger partial charge in [0.2, 0.25) is 0 Å². The van der Waals surface area contributed by atoms with E-state index in [4.69, 9.17) is 0 Å². The molecule has 1 heterocycles. The lowest BCUT2D eigenvalue weighted by Gasteiger charge is -2.12. The van der Waals surface area contributed by atoms with Gasteiger partial charge in [0.1, 0.15) is 0 Å². The van der Waals surface area contributed by atoms with Crippen LogP contribution in [0.1, 0.15) is 19.5 Å². The Morgan fingerprint density at radius 2 is 2.00 bits per heavy atom. The fourth-order valence-electron chi connectivity index (χ4n) is 1.91. The van der Waals surface area contributed by atoms with Crippen LogP contribution in [-0.4, -0.2) is 14.6 Å². The molecule has 3 heteroatoms. The van der Waals surface area contributed by atoms with Crippen molar-refractivity contribution >= 4 is 26.8 Å². The number of hydrogen-bond acceptors (Lipinski definition) is 1. The van der Waals surface area contributed by atoms with Gasteiger partial charge < -0.3 is 0 Å². The first kappa shape index (κ1) is 11.6. The van der Waals surface area contributed by atoms with Gasteiger partial charge in [-0.15, -0.1) is 0 Å². The summed E-state index contributed by atoms with van der Waals surface area (Å²) in [4.78, 5) is 0.522. The van der Waals surface area contributed by atoms with Gasteiger partial charge in [-0.2, -0.15) is 5.10 Å². The molecule has 0 N–H and O–H groups in total. The molecule has 2 unspecified atom stereocenters. The van der Waals surface area contributed by atoms with Gasteiger partial charge in [0.15, 0.2) is 0 Å². The van der Waals surface area contributed by atoms with Crippen molar-refractivity contribution in [3.63, 3.8) is 0 Å². The monoisotopic (exact) mass is 280 g/mol. The second kappa shape index (κ2) is 4.58. The molecule has 2 aromatic rings. The maximum absolute atomic E-state index is 4.61. The maximum atomic E-state index is 4.61. The summed E-state index contributed by atoms with van der Waals surface area (Å²) in [6.07, 6.45) is 1.02. The second-order valence-electron chi connectivity index (χ2n) is 4.45. The summed E-state index contributed by atoms with van der Waals surface area (Å²) in [5.74, 6) is 0.596. The molecule has 2 nitrogen and oxygen atoms in total. The largest absolute Gasteiger partial charge is 0.268 e. The fourth-order valence-corrected chi connectivity index (χ4v) is 2.09. The van der Waals surface area contributed by atoms with Gasteiger partial charge in [-0.1, -0.05) is 48.0 Å². The van der Waals surface area contributed by atoms with Crippen LogP contribution in [-0.2, 0) is 13.5 Å². The highest BCUT2D eigenvalue weighted by molar-refractivity contribution is 9.09. The fraction of sp³-hybridized carbons (Fsp3) is 0.462. The zero-order chi connectivity index (χ0) is 11.7. The minimum atomic E-state index is 0.522. The van der Waals surface area contributed by atoms with Crippen LogP contribution in [0, 0.1) is 5.92 Å². The molecule has 0 aliphatic rings. The van der Waals surface area contributed by atoms with E-state index in [0.717, 1.165) is 6.42 Å². The molecule has 1 aromatic heterocycles. The van der Waals surface area contributed by atoms with Crippen molar-refractivity contribution in [3.8, 4) is 0 Å². The number of benzene rings is 1. The van der Waals surface area contributed by atoms with Crippen LogP contribution in [0.4, 0.5) is 0 Å². The van der Waals surface area contributed by atoms with Crippen LogP contribution in [0.2, 0.25) is 0 Å². The van der Waals surface area contributed by atoms with E-state index in [1.165, 1.54) is 16.6 Å². The topological polar surface area (TPSA) is 17.8 Å². The van der Waals surface area contributed by atoms with Crippen molar-refractivity contribution in [2.24, 2.45) is 13.0 Å². The van der Waals surface area contributed by atoms with E-state index < -0.39 is 0 Å². The molecule has 2 rings (SSSR count). The Balaban J connectivity index is 2.38. The van der Waals surface area contributed by atoms with E-state index in [1.807, 2.05) is 11.7 Å². The van der Waals surface area contributed by atoms with E-state index in [-0.39, 0.29) is 0 Å². The molecular formula is C13H17BrN2. The molecule has 0 aliphatic carbocycles. The van der Waals surface area contributed by atoms with E-state index in [1.54, 1.807) is 0 Å². The molecule has 0 saturated heterocycles. The lowest BCUT2D eigenvalue weighted by atomic mass is 10.0. The lowest BCUT2D eigenvalue weighted by molar-refractivity contribution is 0.568. The summed E-state index contributed by atoms with van der Waals surface area (Å²) in [5.41, 5.74) is 2.42. The molecule has 16 heavy (non-hydrogen) atoms. The molecule has 86 valence electrons. The summed E-state index contributed by atoms with van der Waals surface area (Å²) < 4.78 is 1.97. The number of aromatic nitrogens is 2. The number of aryl methyl sites for hydroxylation is 1. The van der Waals surface area contributed by atoms with Crippen LogP contribution >= 0.6 is 15.9 Å². The minimum absolute atomic E-state index is 0.522. The van der Waals surface area contributed by atoms with Crippen LogP contribution in [0.5, 0.6) is 0 Å². The van der Waals surface area contributed by atoms with E-state index >= 15 is 0 Å². The number of hydrogen-bond donors (Lipinski definition) is 0. The van der Waals surface area contributed by atoms with Crippen molar-refractivity contribution in [3.05, 3.63) is 30.0 Å². The van der Waals surface area contributed by atoms with Gasteiger partial charge in [-0.3, -0.25) is 4.68 Å². The normalized spacial score (nSPS) is 15.2. The Hall–Kier alpha value is -0.830.